The van der Waals surface area contributed by atoms with Gasteiger partial charge in [0.15, 0.2) is 0 Å². The van der Waals surface area contributed by atoms with Crippen molar-refractivity contribution in [3.8, 4) is 0 Å². The monoisotopic (exact) mass is 294 g/mol. The van der Waals surface area contributed by atoms with Gasteiger partial charge in [-0.1, -0.05) is 0 Å². The van der Waals surface area contributed by atoms with Crippen molar-refractivity contribution in [2.24, 2.45) is 5.92 Å². The first kappa shape index (κ1) is 14.4. The van der Waals surface area contributed by atoms with E-state index in [2.05, 4.69) is 4.90 Å². The number of nitrogens with zero attached hydrogens (tertiary/aromatic N) is 2. The number of benzene rings is 1. The molecule has 1 amide bonds. The first-order valence-corrected chi connectivity index (χ1v) is 7.58. The van der Waals surface area contributed by atoms with Gasteiger partial charge < -0.3 is 4.90 Å². The van der Waals surface area contributed by atoms with Crippen LogP contribution in [0.1, 0.15) is 24.8 Å². The van der Waals surface area contributed by atoms with Gasteiger partial charge in [0.25, 0.3) is 0 Å². The molecule has 0 aromatic heterocycles. The summed E-state index contributed by atoms with van der Waals surface area (Å²) in [5, 5.41) is 0. The predicted octanol–water partition coefficient (Wildman–Crippen LogP) is 2.41. The summed E-state index contributed by atoms with van der Waals surface area (Å²) in [5.74, 6) is -0.529. The minimum absolute atomic E-state index is 0.258. The lowest BCUT2D eigenvalue weighted by Crippen LogP contribution is -2.36. The van der Waals surface area contributed by atoms with Crippen LogP contribution < -0.4 is 0 Å². The summed E-state index contributed by atoms with van der Waals surface area (Å²) in [6.07, 6.45) is 2.97. The molecule has 0 N–H and O–H groups in total. The van der Waals surface area contributed by atoms with E-state index in [4.69, 9.17) is 0 Å². The molecule has 1 saturated heterocycles. The zero-order valence-electron chi connectivity index (χ0n) is 12.0. The van der Waals surface area contributed by atoms with Crippen LogP contribution in [0.15, 0.2) is 18.2 Å². The second-order valence-electron chi connectivity index (χ2n) is 6.01. The van der Waals surface area contributed by atoms with E-state index in [1.54, 1.807) is 0 Å². The van der Waals surface area contributed by atoms with Crippen molar-refractivity contribution in [2.75, 3.05) is 26.2 Å². The van der Waals surface area contributed by atoms with Crippen molar-refractivity contribution in [3.63, 3.8) is 0 Å². The minimum atomic E-state index is -0.537. The van der Waals surface area contributed by atoms with Gasteiger partial charge in [0.05, 0.1) is 0 Å². The van der Waals surface area contributed by atoms with Crippen molar-refractivity contribution >= 4 is 5.91 Å². The zero-order chi connectivity index (χ0) is 14.8. The van der Waals surface area contributed by atoms with Crippen molar-refractivity contribution in [1.82, 2.24) is 9.80 Å². The summed E-state index contributed by atoms with van der Waals surface area (Å²) in [6, 6.07) is 3.64. The summed E-state index contributed by atoms with van der Waals surface area (Å²) in [5.41, 5.74) is 0.648. The largest absolute Gasteiger partial charge is 0.341 e. The van der Waals surface area contributed by atoms with Gasteiger partial charge in [-0.05, 0) is 37.0 Å². The third-order valence-corrected chi connectivity index (χ3v) is 4.16. The third kappa shape index (κ3) is 3.79. The Hall–Kier alpha value is -1.49. The molecule has 21 heavy (non-hydrogen) atoms. The van der Waals surface area contributed by atoms with E-state index >= 15 is 0 Å². The summed E-state index contributed by atoms with van der Waals surface area (Å²) in [6.45, 7) is 3.65. The van der Waals surface area contributed by atoms with Gasteiger partial charge in [0, 0.05) is 44.7 Å². The molecule has 114 valence electrons. The molecule has 0 bridgehead atoms. The fraction of sp³-hybridized carbons (Fsp3) is 0.562. The molecule has 0 unspecified atom stereocenters. The van der Waals surface area contributed by atoms with Crippen molar-refractivity contribution in [3.05, 3.63) is 35.4 Å². The SMILES string of the molecule is O=C(C1CC1)N1CCCN(Cc2cc(F)cc(F)c2)CC1. The van der Waals surface area contributed by atoms with Crippen LogP contribution in [0.4, 0.5) is 8.78 Å². The molecule has 0 atom stereocenters. The molecule has 3 nitrogen and oxygen atoms in total. The van der Waals surface area contributed by atoms with Crippen LogP contribution in [0, 0.1) is 17.6 Å². The highest BCUT2D eigenvalue weighted by molar-refractivity contribution is 5.81. The zero-order valence-corrected chi connectivity index (χ0v) is 12.0. The molecule has 1 heterocycles. The van der Waals surface area contributed by atoms with E-state index in [0.29, 0.717) is 18.7 Å². The van der Waals surface area contributed by atoms with E-state index in [9.17, 15) is 13.6 Å². The number of hydrogen-bond donors (Lipinski definition) is 0. The molecular formula is C16H20F2N2O. The molecular weight excluding hydrogens is 274 g/mol. The van der Waals surface area contributed by atoms with Crippen LogP contribution in [0.25, 0.3) is 0 Å². The molecule has 2 aliphatic rings. The van der Waals surface area contributed by atoms with Crippen LogP contribution in [0.3, 0.4) is 0 Å². The third-order valence-electron chi connectivity index (χ3n) is 4.16. The Labute approximate surface area is 123 Å². The standard InChI is InChI=1S/C16H20F2N2O/c17-14-8-12(9-15(18)10-14)11-19-4-1-5-20(7-6-19)16(21)13-2-3-13/h8-10,13H,1-7,11H2. The summed E-state index contributed by atoms with van der Waals surface area (Å²) < 4.78 is 26.4. The highest BCUT2D eigenvalue weighted by Crippen LogP contribution is 2.31. The molecule has 1 aliphatic heterocycles. The number of rotatable bonds is 3. The van der Waals surface area contributed by atoms with Gasteiger partial charge in [0.1, 0.15) is 11.6 Å². The van der Waals surface area contributed by atoms with Gasteiger partial charge >= 0.3 is 0 Å². The smallest absolute Gasteiger partial charge is 0.225 e. The van der Waals surface area contributed by atoms with E-state index < -0.39 is 11.6 Å². The number of hydrogen-bond acceptors (Lipinski definition) is 2. The van der Waals surface area contributed by atoms with Crippen molar-refractivity contribution in [2.45, 2.75) is 25.8 Å². The Morgan fingerprint density at radius 3 is 2.43 bits per heavy atom. The molecule has 3 rings (SSSR count). The first-order chi connectivity index (χ1) is 10.1. The Balaban J connectivity index is 1.58. The highest BCUT2D eigenvalue weighted by Gasteiger charge is 2.33. The Kier molecular flexibility index (Phi) is 4.19. The molecule has 5 heteroatoms. The van der Waals surface area contributed by atoms with Crippen LogP contribution in [0.2, 0.25) is 0 Å². The average molecular weight is 294 g/mol. The van der Waals surface area contributed by atoms with Crippen LogP contribution in [-0.4, -0.2) is 41.9 Å². The fourth-order valence-electron chi connectivity index (χ4n) is 2.90. The Morgan fingerprint density at radius 2 is 1.76 bits per heavy atom. The van der Waals surface area contributed by atoms with Crippen molar-refractivity contribution in [1.29, 1.82) is 0 Å². The Bertz CT molecular complexity index is 511. The maximum absolute atomic E-state index is 13.2. The topological polar surface area (TPSA) is 23.6 Å². The quantitative estimate of drug-likeness (QED) is 0.854. The van der Waals surface area contributed by atoms with E-state index in [1.807, 2.05) is 4.90 Å². The van der Waals surface area contributed by atoms with Crippen LogP contribution in [-0.2, 0) is 11.3 Å². The second-order valence-corrected chi connectivity index (χ2v) is 6.01. The molecule has 1 aromatic carbocycles. The lowest BCUT2D eigenvalue weighted by atomic mass is 10.2. The Morgan fingerprint density at radius 1 is 1.05 bits per heavy atom. The van der Waals surface area contributed by atoms with Gasteiger partial charge in [-0.15, -0.1) is 0 Å². The lowest BCUT2D eigenvalue weighted by molar-refractivity contribution is -0.132. The van der Waals surface area contributed by atoms with Crippen LogP contribution >= 0.6 is 0 Å². The van der Waals surface area contributed by atoms with Gasteiger partial charge in [-0.25, -0.2) is 8.78 Å². The predicted molar refractivity (Wildman–Crippen MR) is 75.6 cm³/mol. The summed E-state index contributed by atoms with van der Waals surface area (Å²) in [4.78, 5) is 16.2. The van der Waals surface area contributed by atoms with E-state index in [-0.39, 0.29) is 11.8 Å². The molecule has 2 fully saturated rings. The second kappa shape index (κ2) is 6.10. The summed E-state index contributed by atoms with van der Waals surface area (Å²) >= 11 is 0. The van der Waals surface area contributed by atoms with Gasteiger partial charge in [0.2, 0.25) is 5.91 Å². The number of halogens is 2. The maximum Gasteiger partial charge on any atom is 0.225 e. The molecule has 1 aliphatic carbocycles. The van der Waals surface area contributed by atoms with Crippen molar-refractivity contribution < 1.29 is 13.6 Å². The molecule has 0 spiro atoms. The highest BCUT2D eigenvalue weighted by atomic mass is 19.1. The number of carbonyl (C=O) groups excluding carboxylic acids is 1. The normalized spacial score (nSPS) is 20.4. The maximum atomic E-state index is 13.2. The van der Waals surface area contributed by atoms with E-state index in [0.717, 1.165) is 45.0 Å². The fourth-order valence-corrected chi connectivity index (χ4v) is 2.90. The van der Waals surface area contributed by atoms with E-state index in [1.165, 1.54) is 12.1 Å². The minimum Gasteiger partial charge on any atom is -0.341 e. The molecule has 1 aromatic rings. The molecule has 1 saturated carbocycles. The van der Waals surface area contributed by atoms with Gasteiger partial charge in [-0.2, -0.15) is 0 Å². The van der Waals surface area contributed by atoms with Crippen LogP contribution in [0.5, 0.6) is 0 Å². The summed E-state index contributed by atoms with van der Waals surface area (Å²) in [7, 11) is 0. The average Bonchev–Trinajstić information content (AvgIpc) is 3.24. The van der Waals surface area contributed by atoms with Gasteiger partial charge in [-0.3, -0.25) is 9.69 Å². The first-order valence-electron chi connectivity index (χ1n) is 7.58. The molecule has 0 radical (unpaired) electrons. The number of carbonyl (C=O) groups is 1. The number of amides is 1. The lowest BCUT2D eigenvalue weighted by Gasteiger charge is -2.22.